The molecule has 8 nitrogen and oxygen atoms in total. The van der Waals surface area contributed by atoms with Gasteiger partial charge in [-0.15, -0.1) is 11.8 Å². The molecule has 176 valence electrons. The van der Waals surface area contributed by atoms with E-state index in [2.05, 4.69) is 18.8 Å². The van der Waals surface area contributed by atoms with Gasteiger partial charge in [0.2, 0.25) is 5.91 Å². The number of carbonyl (C=O) groups is 1. The first kappa shape index (κ1) is 25.6. The van der Waals surface area contributed by atoms with E-state index in [4.69, 9.17) is 10.5 Å². The van der Waals surface area contributed by atoms with Crippen LogP contribution in [0.1, 0.15) is 46.5 Å². The van der Waals surface area contributed by atoms with Crippen LogP contribution in [0.3, 0.4) is 0 Å². The summed E-state index contributed by atoms with van der Waals surface area (Å²) in [6.45, 7) is 6.87. The zero-order valence-electron chi connectivity index (χ0n) is 19.3. The summed E-state index contributed by atoms with van der Waals surface area (Å²) >= 11 is 1.55. The number of aromatic amines is 1. The Morgan fingerprint density at radius 1 is 1.25 bits per heavy atom. The molecule has 0 spiro atoms. The maximum absolute atomic E-state index is 13.2. The smallest absolute Gasteiger partial charge is 0.330 e. The second kappa shape index (κ2) is 12.4. The van der Waals surface area contributed by atoms with Crippen LogP contribution in [-0.4, -0.2) is 34.9 Å². The molecule has 9 heteroatoms. The first-order valence-electron chi connectivity index (χ1n) is 11.0. The van der Waals surface area contributed by atoms with Crippen molar-refractivity contribution in [3.63, 3.8) is 0 Å². The third-order valence-electron chi connectivity index (χ3n) is 5.09. The molecule has 0 bridgehead atoms. The number of benzene rings is 1. The second-order valence-electron chi connectivity index (χ2n) is 8.00. The number of anilines is 2. The summed E-state index contributed by atoms with van der Waals surface area (Å²) in [4.78, 5) is 42.9. The summed E-state index contributed by atoms with van der Waals surface area (Å²) < 4.78 is 6.51. The Kier molecular flexibility index (Phi) is 9.90. The van der Waals surface area contributed by atoms with Crippen LogP contribution in [0, 0.1) is 5.92 Å². The summed E-state index contributed by atoms with van der Waals surface area (Å²) in [5, 5.41) is 0. The van der Waals surface area contributed by atoms with Gasteiger partial charge in [-0.1, -0.05) is 27.2 Å². The zero-order valence-corrected chi connectivity index (χ0v) is 20.2. The van der Waals surface area contributed by atoms with Crippen molar-refractivity contribution in [1.29, 1.82) is 0 Å². The number of aromatic nitrogens is 2. The quantitative estimate of drug-likeness (QED) is 0.467. The lowest BCUT2D eigenvalue weighted by Crippen LogP contribution is -2.42. The van der Waals surface area contributed by atoms with Crippen LogP contribution in [-0.2, 0) is 11.3 Å². The third-order valence-corrected chi connectivity index (χ3v) is 6.11. The number of nitrogen functional groups attached to an aromatic ring is 1. The molecule has 1 aromatic heterocycles. The van der Waals surface area contributed by atoms with Crippen LogP contribution in [0.2, 0.25) is 0 Å². The summed E-state index contributed by atoms with van der Waals surface area (Å²) in [6, 6.07) is 7.63. The number of nitrogens with two attached hydrogens (primary N) is 1. The lowest BCUT2D eigenvalue weighted by atomic mass is 10.1. The zero-order chi connectivity index (χ0) is 23.7. The summed E-state index contributed by atoms with van der Waals surface area (Å²) in [5.74, 6) is 1.52. The minimum Gasteiger partial charge on any atom is -0.497 e. The van der Waals surface area contributed by atoms with Crippen LogP contribution in [0.5, 0.6) is 5.75 Å². The Bertz CT molecular complexity index is 999. The van der Waals surface area contributed by atoms with E-state index >= 15 is 0 Å². The van der Waals surface area contributed by atoms with E-state index in [0.29, 0.717) is 31.2 Å². The molecule has 0 aliphatic rings. The van der Waals surface area contributed by atoms with Gasteiger partial charge in [0.05, 0.1) is 7.11 Å². The molecule has 2 aromatic rings. The minimum absolute atomic E-state index is 0.0483. The van der Waals surface area contributed by atoms with Gasteiger partial charge in [0, 0.05) is 30.2 Å². The molecule has 0 saturated carbocycles. The number of methoxy groups -OCH3 is 1. The summed E-state index contributed by atoms with van der Waals surface area (Å²) in [7, 11) is 1.62. The average Bonchev–Trinajstić information content (AvgIpc) is 2.75. The van der Waals surface area contributed by atoms with Gasteiger partial charge < -0.3 is 15.4 Å². The standard InChI is InChI=1S/C23H34N4O4S/c1-5-6-13-27-21(24)20(22(29)25-23(27)30)26(14-11-16(2)3)19(28)12-15-32-18-9-7-17(31-4)8-10-18/h7-10,16H,5-6,11-15,24H2,1-4H3,(H,25,29,30). The summed E-state index contributed by atoms with van der Waals surface area (Å²) in [6.07, 6.45) is 2.57. The van der Waals surface area contributed by atoms with Gasteiger partial charge >= 0.3 is 5.69 Å². The number of nitrogens with one attached hydrogen (secondary N) is 1. The van der Waals surface area contributed by atoms with Gasteiger partial charge in [0.1, 0.15) is 11.6 Å². The first-order chi connectivity index (χ1) is 15.3. The highest BCUT2D eigenvalue weighted by Gasteiger charge is 2.24. The number of thioether (sulfide) groups is 1. The van der Waals surface area contributed by atoms with Crippen LogP contribution >= 0.6 is 11.8 Å². The molecule has 0 aliphatic heterocycles. The van der Waals surface area contributed by atoms with E-state index < -0.39 is 11.2 Å². The predicted octanol–water partition coefficient (Wildman–Crippen LogP) is 3.49. The fourth-order valence-corrected chi connectivity index (χ4v) is 4.03. The molecule has 1 heterocycles. The number of carbonyl (C=O) groups excluding carboxylic acids is 1. The maximum atomic E-state index is 13.2. The van der Waals surface area contributed by atoms with Crippen LogP contribution in [0.25, 0.3) is 0 Å². The minimum atomic E-state index is -0.625. The number of amides is 1. The normalized spacial score (nSPS) is 11.0. The third kappa shape index (κ3) is 6.91. The Labute approximate surface area is 193 Å². The topological polar surface area (TPSA) is 110 Å². The van der Waals surface area contributed by atoms with Gasteiger partial charge in [0.15, 0.2) is 5.69 Å². The van der Waals surface area contributed by atoms with Crippen LogP contribution in [0.4, 0.5) is 11.5 Å². The SMILES string of the molecule is CCCCn1c(N)c(N(CCC(C)C)C(=O)CCSc2ccc(OC)cc2)c(=O)[nH]c1=O. The lowest BCUT2D eigenvalue weighted by molar-refractivity contribution is -0.118. The van der Waals surface area contributed by atoms with Crippen molar-refractivity contribution in [2.24, 2.45) is 5.92 Å². The van der Waals surface area contributed by atoms with Gasteiger partial charge in [0.25, 0.3) is 5.56 Å². The number of hydrogen-bond donors (Lipinski definition) is 2. The molecule has 1 aromatic carbocycles. The van der Waals surface area contributed by atoms with Gasteiger partial charge in [-0.05, 0) is 43.0 Å². The molecule has 0 aliphatic carbocycles. The van der Waals surface area contributed by atoms with Gasteiger partial charge in [-0.3, -0.25) is 19.1 Å². The molecule has 0 saturated heterocycles. The second-order valence-corrected chi connectivity index (χ2v) is 9.17. The number of rotatable bonds is 12. The van der Waals surface area contributed by atoms with Crippen molar-refractivity contribution >= 4 is 29.2 Å². The first-order valence-corrected chi connectivity index (χ1v) is 12.0. The fourth-order valence-electron chi connectivity index (χ4n) is 3.19. The van der Waals surface area contributed by atoms with E-state index in [1.165, 1.54) is 9.47 Å². The van der Waals surface area contributed by atoms with Gasteiger partial charge in [-0.25, -0.2) is 4.79 Å². The average molecular weight is 463 g/mol. The molecule has 1 amide bonds. The van der Waals surface area contributed by atoms with Crippen molar-refractivity contribution in [3.05, 3.63) is 45.1 Å². The summed E-state index contributed by atoms with van der Waals surface area (Å²) in [5.41, 5.74) is 5.15. The molecule has 2 rings (SSSR count). The molecule has 0 atom stereocenters. The molecule has 0 unspecified atom stereocenters. The maximum Gasteiger partial charge on any atom is 0.330 e. The number of ether oxygens (including phenoxy) is 1. The highest BCUT2D eigenvalue weighted by molar-refractivity contribution is 7.99. The Morgan fingerprint density at radius 3 is 2.53 bits per heavy atom. The molecule has 3 N–H and O–H groups in total. The Hall–Kier alpha value is -2.68. The number of nitrogens with zero attached hydrogens (tertiary/aromatic N) is 2. The van der Waals surface area contributed by atoms with Crippen LogP contribution < -0.4 is 26.6 Å². The number of H-pyrrole nitrogens is 1. The number of hydrogen-bond acceptors (Lipinski definition) is 6. The van der Waals surface area contributed by atoms with E-state index in [9.17, 15) is 14.4 Å². The molecule has 0 fully saturated rings. The molecular weight excluding hydrogens is 428 g/mol. The molecular formula is C23H34N4O4S. The van der Waals surface area contributed by atoms with Crippen molar-refractivity contribution in [1.82, 2.24) is 9.55 Å². The van der Waals surface area contributed by atoms with Crippen molar-refractivity contribution in [2.75, 3.05) is 30.0 Å². The van der Waals surface area contributed by atoms with Crippen molar-refractivity contribution in [2.45, 2.75) is 57.9 Å². The largest absolute Gasteiger partial charge is 0.497 e. The Balaban J connectivity index is 2.23. The lowest BCUT2D eigenvalue weighted by Gasteiger charge is -2.25. The highest BCUT2D eigenvalue weighted by atomic mass is 32.2. The number of unbranched alkanes of at least 4 members (excludes halogenated alkanes) is 1. The highest BCUT2D eigenvalue weighted by Crippen LogP contribution is 2.24. The molecule has 0 radical (unpaired) electrons. The van der Waals surface area contributed by atoms with Crippen LogP contribution in [0.15, 0.2) is 38.8 Å². The Morgan fingerprint density at radius 2 is 1.94 bits per heavy atom. The predicted molar refractivity (Wildman–Crippen MR) is 131 cm³/mol. The van der Waals surface area contributed by atoms with E-state index in [1.54, 1.807) is 18.9 Å². The van der Waals surface area contributed by atoms with E-state index in [1.807, 2.05) is 31.2 Å². The molecule has 32 heavy (non-hydrogen) atoms. The van der Waals surface area contributed by atoms with E-state index in [0.717, 1.165) is 23.5 Å². The monoisotopic (exact) mass is 462 g/mol. The van der Waals surface area contributed by atoms with E-state index in [-0.39, 0.29) is 23.8 Å². The van der Waals surface area contributed by atoms with Gasteiger partial charge in [-0.2, -0.15) is 0 Å². The van der Waals surface area contributed by atoms with Crippen molar-refractivity contribution in [3.8, 4) is 5.75 Å². The fraction of sp³-hybridized carbons (Fsp3) is 0.522. The van der Waals surface area contributed by atoms with Crippen molar-refractivity contribution < 1.29 is 9.53 Å².